The van der Waals surface area contributed by atoms with Gasteiger partial charge >= 0.3 is 6.03 Å². The van der Waals surface area contributed by atoms with Gasteiger partial charge in [-0.1, -0.05) is 17.4 Å². The third-order valence-corrected chi connectivity index (χ3v) is 4.70. The number of urea groups is 1. The highest BCUT2D eigenvalue weighted by atomic mass is 32.1. The number of anilines is 1. The fourth-order valence-corrected chi connectivity index (χ4v) is 3.51. The molecule has 1 aliphatic heterocycles. The quantitative estimate of drug-likeness (QED) is 0.875. The Morgan fingerprint density at radius 2 is 2.09 bits per heavy atom. The van der Waals surface area contributed by atoms with Crippen LogP contribution in [0.3, 0.4) is 0 Å². The molecule has 2 amide bonds. The molecule has 1 saturated heterocycles. The Morgan fingerprint density at radius 3 is 2.78 bits per heavy atom. The van der Waals surface area contributed by atoms with Crippen molar-refractivity contribution in [2.45, 2.75) is 0 Å². The first-order valence-electron chi connectivity index (χ1n) is 7.22. The molecule has 1 aromatic heterocycles. The number of fused-ring (bicyclic) bond motifs is 1. The van der Waals surface area contributed by atoms with Gasteiger partial charge in [-0.3, -0.25) is 0 Å². The summed E-state index contributed by atoms with van der Waals surface area (Å²) in [5.41, 5.74) is 0.192. The lowest BCUT2D eigenvalue weighted by Gasteiger charge is -2.34. The van der Waals surface area contributed by atoms with Gasteiger partial charge in [-0.25, -0.2) is 18.6 Å². The number of benzene rings is 1. The van der Waals surface area contributed by atoms with Crippen LogP contribution in [0.25, 0.3) is 10.2 Å². The van der Waals surface area contributed by atoms with Gasteiger partial charge in [0.2, 0.25) is 0 Å². The highest BCUT2D eigenvalue weighted by molar-refractivity contribution is 7.22. The first kappa shape index (κ1) is 15.7. The van der Waals surface area contributed by atoms with E-state index in [0.29, 0.717) is 42.6 Å². The lowest BCUT2D eigenvalue weighted by molar-refractivity contribution is 0.195. The molecular formula is C15H16F2N4OS. The number of carbonyl (C=O) groups excluding carboxylic acids is 1. The summed E-state index contributed by atoms with van der Waals surface area (Å²) < 4.78 is 27.5. The van der Waals surface area contributed by atoms with E-state index in [4.69, 9.17) is 0 Å². The van der Waals surface area contributed by atoms with Gasteiger partial charge in [0.15, 0.2) is 10.9 Å². The zero-order chi connectivity index (χ0) is 16.4. The summed E-state index contributed by atoms with van der Waals surface area (Å²) >= 11 is 1.26. The van der Waals surface area contributed by atoms with E-state index in [1.807, 2.05) is 4.90 Å². The van der Waals surface area contributed by atoms with Gasteiger partial charge in [0.05, 0.1) is 4.70 Å². The number of nitrogens with zero attached hydrogens (tertiary/aromatic N) is 3. The maximum absolute atomic E-state index is 13.7. The average Bonchev–Trinajstić information content (AvgIpc) is 2.97. The monoisotopic (exact) mass is 338 g/mol. The lowest BCUT2D eigenvalue weighted by atomic mass is 10.3. The molecule has 0 aliphatic carbocycles. The standard InChI is InChI=1S/C15H16F2N4OS/c1-2-3-18-14(22)20-4-6-21(7-5-20)15-19-13-11(17)8-10(16)9-12(13)23-15/h2,8-9H,1,3-7H2,(H,18,22). The van der Waals surface area contributed by atoms with E-state index in [-0.39, 0.29) is 11.5 Å². The number of aromatic nitrogens is 1. The van der Waals surface area contributed by atoms with E-state index in [1.165, 1.54) is 17.4 Å². The number of halogens is 2. The van der Waals surface area contributed by atoms with Crippen molar-refractivity contribution < 1.29 is 13.6 Å². The Hall–Kier alpha value is -2.22. The molecule has 122 valence electrons. The maximum Gasteiger partial charge on any atom is 0.317 e. The van der Waals surface area contributed by atoms with Gasteiger partial charge in [0.25, 0.3) is 0 Å². The second kappa shape index (κ2) is 6.49. The van der Waals surface area contributed by atoms with E-state index >= 15 is 0 Å². The maximum atomic E-state index is 13.7. The largest absolute Gasteiger partial charge is 0.345 e. The fourth-order valence-electron chi connectivity index (χ4n) is 2.45. The Bertz CT molecular complexity index is 740. The van der Waals surface area contributed by atoms with Crippen molar-refractivity contribution >= 4 is 32.7 Å². The summed E-state index contributed by atoms with van der Waals surface area (Å²) in [5.74, 6) is -1.25. The average molecular weight is 338 g/mol. The summed E-state index contributed by atoms with van der Waals surface area (Å²) in [4.78, 5) is 19.8. The zero-order valence-corrected chi connectivity index (χ0v) is 13.2. The van der Waals surface area contributed by atoms with Crippen molar-refractivity contribution in [3.8, 4) is 0 Å². The van der Waals surface area contributed by atoms with E-state index < -0.39 is 11.6 Å². The highest BCUT2D eigenvalue weighted by Gasteiger charge is 2.23. The minimum Gasteiger partial charge on any atom is -0.345 e. The van der Waals surface area contributed by atoms with Gasteiger partial charge in [-0.2, -0.15) is 0 Å². The molecule has 2 heterocycles. The van der Waals surface area contributed by atoms with Gasteiger partial charge < -0.3 is 15.1 Å². The molecule has 0 unspecified atom stereocenters. The Morgan fingerprint density at radius 1 is 1.35 bits per heavy atom. The van der Waals surface area contributed by atoms with E-state index in [2.05, 4.69) is 16.9 Å². The molecule has 2 aromatic rings. The number of nitrogens with one attached hydrogen (secondary N) is 1. The third-order valence-electron chi connectivity index (χ3n) is 3.64. The Labute approximate surface area is 136 Å². The molecule has 1 aromatic carbocycles. The van der Waals surface area contributed by atoms with Crippen molar-refractivity contribution in [1.82, 2.24) is 15.2 Å². The zero-order valence-electron chi connectivity index (χ0n) is 12.4. The van der Waals surface area contributed by atoms with E-state index in [1.54, 1.807) is 11.0 Å². The molecule has 1 fully saturated rings. The normalized spacial score (nSPS) is 15.0. The van der Waals surface area contributed by atoms with Crippen LogP contribution in [0.15, 0.2) is 24.8 Å². The predicted octanol–water partition coefficient (Wildman–Crippen LogP) is 2.59. The van der Waals surface area contributed by atoms with Crippen molar-refractivity contribution in [2.24, 2.45) is 0 Å². The Kier molecular flexibility index (Phi) is 4.42. The van der Waals surface area contributed by atoms with Crippen LogP contribution >= 0.6 is 11.3 Å². The van der Waals surface area contributed by atoms with Gasteiger partial charge in [0, 0.05) is 38.8 Å². The summed E-state index contributed by atoms with van der Waals surface area (Å²) in [6, 6.07) is 2.01. The van der Waals surface area contributed by atoms with Crippen LogP contribution in [0.1, 0.15) is 0 Å². The molecule has 1 N–H and O–H groups in total. The minimum atomic E-state index is -0.648. The van der Waals surface area contributed by atoms with Crippen LogP contribution < -0.4 is 10.2 Å². The predicted molar refractivity (Wildman–Crippen MR) is 86.9 cm³/mol. The number of thiazole rings is 1. The van der Waals surface area contributed by atoms with Crippen LogP contribution in [0.2, 0.25) is 0 Å². The molecule has 1 aliphatic rings. The van der Waals surface area contributed by atoms with Gasteiger partial charge in [-0.15, -0.1) is 6.58 Å². The molecule has 0 saturated carbocycles. The van der Waals surface area contributed by atoms with Gasteiger partial charge in [0.1, 0.15) is 11.3 Å². The lowest BCUT2D eigenvalue weighted by Crippen LogP contribution is -2.51. The molecular weight excluding hydrogens is 322 g/mol. The van der Waals surface area contributed by atoms with Crippen molar-refractivity contribution in [3.05, 3.63) is 36.4 Å². The summed E-state index contributed by atoms with van der Waals surface area (Å²) in [5, 5.41) is 3.39. The van der Waals surface area contributed by atoms with E-state index in [9.17, 15) is 13.6 Å². The van der Waals surface area contributed by atoms with Crippen LogP contribution in [0.5, 0.6) is 0 Å². The van der Waals surface area contributed by atoms with Crippen LogP contribution in [-0.2, 0) is 0 Å². The number of hydrogen-bond acceptors (Lipinski definition) is 4. The van der Waals surface area contributed by atoms with Crippen molar-refractivity contribution in [2.75, 3.05) is 37.6 Å². The van der Waals surface area contributed by atoms with Crippen LogP contribution in [-0.4, -0.2) is 48.6 Å². The smallest absolute Gasteiger partial charge is 0.317 e. The molecule has 0 atom stereocenters. The van der Waals surface area contributed by atoms with Gasteiger partial charge in [-0.05, 0) is 6.07 Å². The molecule has 0 spiro atoms. The number of carbonyl (C=O) groups is 1. The molecule has 0 bridgehead atoms. The Balaban J connectivity index is 1.69. The van der Waals surface area contributed by atoms with E-state index in [0.717, 1.165) is 6.07 Å². The molecule has 3 rings (SSSR count). The second-order valence-corrected chi connectivity index (χ2v) is 6.19. The fraction of sp³-hybridized carbons (Fsp3) is 0.333. The highest BCUT2D eigenvalue weighted by Crippen LogP contribution is 2.31. The third kappa shape index (κ3) is 3.26. The first-order valence-corrected chi connectivity index (χ1v) is 8.04. The second-order valence-electron chi connectivity index (χ2n) is 5.18. The minimum absolute atomic E-state index is 0.123. The molecule has 8 heteroatoms. The summed E-state index contributed by atoms with van der Waals surface area (Å²) in [7, 11) is 0. The number of hydrogen-bond donors (Lipinski definition) is 1. The van der Waals surface area contributed by atoms with Crippen molar-refractivity contribution in [3.63, 3.8) is 0 Å². The summed E-state index contributed by atoms with van der Waals surface area (Å²) in [6.45, 7) is 6.30. The summed E-state index contributed by atoms with van der Waals surface area (Å²) in [6.07, 6.45) is 1.63. The topological polar surface area (TPSA) is 48.5 Å². The first-order chi connectivity index (χ1) is 11.1. The van der Waals surface area contributed by atoms with Crippen LogP contribution in [0.4, 0.5) is 18.7 Å². The number of piperazine rings is 1. The number of amides is 2. The number of rotatable bonds is 3. The van der Waals surface area contributed by atoms with Crippen LogP contribution in [0, 0.1) is 11.6 Å². The molecule has 5 nitrogen and oxygen atoms in total. The SMILES string of the molecule is C=CCNC(=O)N1CCN(c2nc3c(F)cc(F)cc3s2)CC1. The van der Waals surface area contributed by atoms with Crippen molar-refractivity contribution in [1.29, 1.82) is 0 Å². The molecule has 23 heavy (non-hydrogen) atoms. The molecule has 0 radical (unpaired) electrons.